The van der Waals surface area contributed by atoms with Crippen molar-refractivity contribution in [1.29, 1.82) is 0 Å². The van der Waals surface area contributed by atoms with Crippen molar-refractivity contribution >= 4 is 32.1 Å². The van der Waals surface area contributed by atoms with Crippen LogP contribution in [0.15, 0.2) is 24.3 Å². The van der Waals surface area contributed by atoms with Crippen molar-refractivity contribution < 1.29 is 32.5 Å². The standard InChI is InChI=1S/C14H16O7Si/c1-9-7-5-6-8-13(9)14(18)22(19-10(2)15,20-11(3)16)21-12(4)17/h5-8H,1-4H3. The van der Waals surface area contributed by atoms with Gasteiger partial charge in [0.2, 0.25) is 0 Å². The van der Waals surface area contributed by atoms with Crippen LogP contribution in [0.3, 0.4) is 0 Å². The molecule has 0 fully saturated rings. The van der Waals surface area contributed by atoms with Crippen LogP contribution in [-0.2, 0) is 27.7 Å². The van der Waals surface area contributed by atoms with Crippen LogP contribution in [0.25, 0.3) is 0 Å². The molecule has 0 aliphatic heterocycles. The lowest BCUT2D eigenvalue weighted by Crippen LogP contribution is -2.56. The van der Waals surface area contributed by atoms with Crippen molar-refractivity contribution in [1.82, 2.24) is 0 Å². The predicted molar refractivity (Wildman–Crippen MR) is 76.6 cm³/mol. The van der Waals surface area contributed by atoms with Gasteiger partial charge in [0.15, 0.2) is 0 Å². The van der Waals surface area contributed by atoms with E-state index in [1.807, 2.05) is 0 Å². The molecule has 1 aromatic rings. The van der Waals surface area contributed by atoms with Crippen molar-refractivity contribution in [3.05, 3.63) is 35.4 Å². The van der Waals surface area contributed by atoms with Gasteiger partial charge in [-0.15, -0.1) is 0 Å². The first kappa shape index (κ1) is 17.6. The fourth-order valence-corrected chi connectivity index (χ4v) is 3.91. The maximum atomic E-state index is 12.7. The Kier molecular flexibility index (Phi) is 5.58. The molecule has 8 heteroatoms. The van der Waals surface area contributed by atoms with Crippen molar-refractivity contribution in [3.63, 3.8) is 0 Å². The molecule has 0 heterocycles. The highest BCUT2D eigenvalue weighted by Gasteiger charge is 2.61. The molecule has 0 aromatic heterocycles. The van der Waals surface area contributed by atoms with E-state index in [-0.39, 0.29) is 5.56 Å². The largest absolute Gasteiger partial charge is 0.786 e. The molecular weight excluding hydrogens is 308 g/mol. The van der Waals surface area contributed by atoms with Gasteiger partial charge in [0.1, 0.15) is 0 Å². The normalized spacial score (nSPS) is 10.5. The topological polar surface area (TPSA) is 96.0 Å². The first-order valence-electron chi connectivity index (χ1n) is 6.37. The van der Waals surface area contributed by atoms with Crippen LogP contribution in [0.4, 0.5) is 0 Å². The van der Waals surface area contributed by atoms with Crippen LogP contribution in [0.2, 0.25) is 0 Å². The molecule has 1 rings (SSSR count). The molecule has 0 radical (unpaired) electrons. The SMILES string of the molecule is CC(=O)O[Si](OC(C)=O)(OC(C)=O)C(=O)c1ccccc1C. The molecule has 0 atom stereocenters. The van der Waals surface area contributed by atoms with E-state index in [4.69, 9.17) is 13.3 Å². The van der Waals surface area contributed by atoms with Gasteiger partial charge in [0, 0.05) is 26.3 Å². The summed E-state index contributed by atoms with van der Waals surface area (Å²) in [6, 6.07) is 6.42. The number of carbonyl (C=O) groups excluding carboxylic acids is 4. The van der Waals surface area contributed by atoms with Gasteiger partial charge in [0.25, 0.3) is 23.3 Å². The van der Waals surface area contributed by atoms with Crippen LogP contribution < -0.4 is 0 Å². The summed E-state index contributed by atoms with van der Waals surface area (Å²) >= 11 is 0. The molecule has 0 unspecified atom stereocenters. The van der Waals surface area contributed by atoms with Gasteiger partial charge in [-0.25, -0.2) is 0 Å². The highest BCUT2D eigenvalue weighted by atomic mass is 28.4. The van der Waals surface area contributed by atoms with Crippen molar-refractivity contribution in [2.75, 3.05) is 0 Å². The number of hydrogen-bond donors (Lipinski definition) is 0. The van der Waals surface area contributed by atoms with Gasteiger partial charge in [-0.1, -0.05) is 24.3 Å². The Balaban J connectivity index is 3.41. The zero-order valence-corrected chi connectivity index (χ0v) is 13.7. The molecule has 0 aliphatic carbocycles. The molecule has 0 N–H and O–H groups in total. The van der Waals surface area contributed by atoms with E-state index in [0.717, 1.165) is 20.8 Å². The van der Waals surface area contributed by atoms with Crippen molar-refractivity contribution in [3.8, 4) is 0 Å². The minimum absolute atomic E-state index is 0.151. The second kappa shape index (κ2) is 6.99. The molecule has 0 bridgehead atoms. The number of rotatable bonds is 5. The van der Waals surface area contributed by atoms with E-state index >= 15 is 0 Å². The summed E-state index contributed by atoms with van der Waals surface area (Å²) in [6.07, 6.45) is 0. The lowest BCUT2D eigenvalue weighted by molar-refractivity contribution is -0.146. The Bertz CT molecular complexity index is 583. The van der Waals surface area contributed by atoms with E-state index in [1.165, 1.54) is 6.07 Å². The minimum Gasteiger partial charge on any atom is -0.450 e. The number of carbonyl (C=O) groups is 4. The van der Waals surface area contributed by atoms with Crippen LogP contribution in [0.5, 0.6) is 0 Å². The minimum atomic E-state index is -4.55. The van der Waals surface area contributed by atoms with E-state index < -0.39 is 32.1 Å². The molecule has 0 amide bonds. The van der Waals surface area contributed by atoms with E-state index in [2.05, 4.69) is 0 Å². The monoisotopic (exact) mass is 324 g/mol. The average Bonchev–Trinajstić information content (AvgIpc) is 2.35. The Hall–Kier alpha value is -2.48. The van der Waals surface area contributed by atoms with E-state index in [0.29, 0.717) is 5.56 Å². The number of hydrogen-bond acceptors (Lipinski definition) is 7. The zero-order valence-electron chi connectivity index (χ0n) is 12.7. The van der Waals surface area contributed by atoms with Crippen LogP contribution in [-0.4, -0.2) is 32.1 Å². The summed E-state index contributed by atoms with van der Waals surface area (Å²) in [4.78, 5) is 46.7. The lowest BCUT2D eigenvalue weighted by Gasteiger charge is -2.25. The van der Waals surface area contributed by atoms with E-state index in [9.17, 15) is 19.2 Å². The van der Waals surface area contributed by atoms with Gasteiger partial charge in [-0.2, -0.15) is 0 Å². The molecule has 7 nitrogen and oxygen atoms in total. The fourth-order valence-electron chi connectivity index (χ4n) is 1.76. The quantitative estimate of drug-likeness (QED) is 0.754. The molecule has 0 saturated heterocycles. The first-order valence-corrected chi connectivity index (χ1v) is 8.09. The highest BCUT2D eigenvalue weighted by Crippen LogP contribution is 2.20. The summed E-state index contributed by atoms with van der Waals surface area (Å²) in [7, 11) is -4.55. The van der Waals surface area contributed by atoms with Crippen LogP contribution in [0, 0.1) is 6.92 Å². The van der Waals surface area contributed by atoms with Gasteiger partial charge in [-0.05, 0) is 12.5 Å². The smallest absolute Gasteiger partial charge is 0.450 e. The third-order valence-corrected chi connectivity index (χ3v) is 5.00. The molecule has 0 aliphatic rings. The van der Waals surface area contributed by atoms with Crippen molar-refractivity contribution in [2.45, 2.75) is 27.7 Å². The first-order chi connectivity index (χ1) is 10.2. The molecular formula is C14H16O7Si. The number of benzene rings is 1. The summed E-state index contributed by atoms with van der Waals surface area (Å²) in [5.74, 6) is -2.68. The van der Waals surface area contributed by atoms with Crippen molar-refractivity contribution in [2.24, 2.45) is 0 Å². The fraction of sp³-hybridized carbons (Fsp3) is 0.286. The molecule has 0 spiro atoms. The van der Waals surface area contributed by atoms with E-state index in [1.54, 1.807) is 25.1 Å². The molecule has 0 saturated carbocycles. The summed E-state index contributed by atoms with van der Waals surface area (Å²) < 4.78 is 14.7. The summed E-state index contributed by atoms with van der Waals surface area (Å²) in [5.41, 5.74) is 0.716. The summed E-state index contributed by atoms with van der Waals surface area (Å²) in [6.45, 7) is 4.74. The number of aryl methyl sites for hydroxylation is 1. The molecule has 1 aromatic carbocycles. The van der Waals surface area contributed by atoms with Gasteiger partial charge >= 0.3 is 8.80 Å². The lowest BCUT2D eigenvalue weighted by atomic mass is 10.1. The van der Waals surface area contributed by atoms with Gasteiger partial charge in [0.05, 0.1) is 0 Å². The zero-order chi connectivity index (χ0) is 16.9. The van der Waals surface area contributed by atoms with Gasteiger partial charge in [-0.3, -0.25) is 19.2 Å². The second-order valence-electron chi connectivity index (χ2n) is 4.48. The Morgan fingerprint density at radius 1 is 0.818 bits per heavy atom. The average molecular weight is 324 g/mol. The van der Waals surface area contributed by atoms with Crippen LogP contribution in [0.1, 0.15) is 36.7 Å². The maximum Gasteiger partial charge on any atom is 0.786 e. The predicted octanol–water partition coefficient (Wildman–Crippen LogP) is 1.35. The summed E-state index contributed by atoms with van der Waals surface area (Å²) in [5, 5.41) is -0.828. The second-order valence-corrected chi connectivity index (χ2v) is 6.66. The molecule has 22 heavy (non-hydrogen) atoms. The van der Waals surface area contributed by atoms with Gasteiger partial charge < -0.3 is 13.3 Å². The third-order valence-electron chi connectivity index (χ3n) is 2.50. The highest BCUT2D eigenvalue weighted by molar-refractivity contribution is 6.97. The third kappa shape index (κ3) is 4.25. The molecule has 118 valence electrons. The Morgan fingerprint density at radius 3 is 1.59 bits per heavy atom. The Labute approximate surface area is 128 Å². The maximum absolute atomic E-state index is 12.7. The Morgan fingerprint density at radius 2 is 1.23 bits per heavy atom. The van der Waals surface area contributed by atoms with Crippen LogP contribution >= 0.6 is 0 Å².